The van der Waals surface area contributed by atoms with Crippen molar-refractivity contribution in [3.8, 4) is 0 Å². The van der Waals surface area contributed by atoms with Crippen LogP contribution in [0.1, 0.15) is 5.82 Å². The molecule has 0 aliphatic carbocycles. The normalized spacial score (nSPS) is 10.3. The molecule has 0 bridgehead atoms. The maximum atomic E-state index is 3.94. The molecule has 0 amide bonds. The van der Waals surface area contributed by atoms with Crippen LogP contribution in [-0.4, -0.2) is 18.7 Å². The van der Waals surface area contributed by atoms with E-state index in [1.165, 1.54) is 12.7 Å². The van der Waals surface area contributed by atoms with Crippen LogP contribution in [0.3, 0.4) is 0 Å². The third-order valence-electron chi connectivity index (χ3n) is 0.884. The van der Waals surface area contributed by atoms with E-state index in [4.69, 9.17) is 0 Å². The van der Waals surface area contributed by atoms with E-state index in [0.717, 1.165) is 12.2 Å². The number of rotatable bonds is 2. The van der Waals surface area contributed by atoms with E-state index in [1.54, 1.807) is 0 Å². The quantitative estimate of drug-likeness (QED) is 0.762. The molecule has 0 atom stereocenters. The highest BCUT2D eigenvalue weighted by molar-refractivity contribution is 9.24. The molecule has 1 aromatic rings. The summed E-state index contributed by atoms with van der Waals surface area (Å²) in [4.78, 5) is 11.6. The molecule has 1 rings (SSSR count). The van der Waals surface area contributed by atoms with Crippen LogP contribution >= 0.6 is 31.9 Å². The van der Waals surface area contributed by atoms with E-state index in [1.807, 2.05) is 0 Å². The Hall–Kier alpha value is -0.0300. The highest BCUT2D eigenvalue weighted by Crippen LogP contribution is 2.11. The summed E-state index contributed by atoms with van der Waals surface area (Å²) in [5.74, 6) is 0.786. The third-order valence-corrected chi connectivity index (χ3v) is 1.53. The molecule has 54 valence electrons. The molecular weight excluding hydrogens is 262 g/mol. The SMILES string of the molecule is BrC(Br)Cc1ncncn1. The number of alkyl halides is 2. The average Bonchev–Trinajstić information content (AvgIpc) is 1.88. The lowest BCUT2D eigenvalue weighted by Gasteiger charge is -1.96. The standard InChI is InChI=1S/C5H5Br2N3/c6-4(7)1-5-9-2-8-3-10-5/h2-4H,1H2. The molecule has 0 N–H and O–H groups in total. The number of nitrogens with zero attached hydrogens (tertiary/aromatic N) is 3. The van der Waals surface area contributed by atoms with Crippen molar-refractivity contribution < 1.29 is 0 Å². The first-order valence-electron chi connectivity index (χ1n) is 2.68. The minimum Gasteiger partial charge on any atom is -0.225 e. The summed E-state index contributed by atoms with van der Waals surface area (Å²) in [5, 5.41) is 0. The first-order valence-corrected chi connectivity index (χ1v) is 4.51. The van der Waals surface area contributed by atoms with Crippen LogP contribution in [0.5, 0.6) is 0 Å². The van der Waals surface area contributed by atoms with Crippen molar-refractivity contribution in [2.24, 2.45) is 0 Å². The Balaban J connectivity index is 2.59. The van der Waals surface area contributed by atoms with Crippen LogP contribution in [0.15, 0.2) is 12.7 Å². The van der Waals surface area contributed by atoms with Crippen LogP contribution in [0.4, 0.5) is 0 Å². The Morgan fingerprint density at radius 2 is 1.90 bits per heavy atom. The van der Waals surface area contributed by atoms with Gasteiger partial charge in [-0.05, 0) is 0 Å². The van der Waals surface area contributed by atoms with E-state index in [2.05, 4.69) is 46.8 Å². The highest BCUT2D eigenvalue weighted by Gasteiger charge is 2.00. The van der Waals surface area contributed by atoms with Gasteiger partial charge in [-0.1, -0.05) is 31.9 Å². The minimum absolute atomic E-state index is 0.238. The molecule has 0 fully saturated rings. The van der Waals surface area contributed by atoms with Crippen LogP contribution in [0.2, 0.25) is 0 Å². The monoisotopic (exact) mass is 265 g/mol. The van der Waals surface area contributed by atoms with E-state index in [0.29, 0.717) is 0 Å². The van der Waals surface area contributed by atoms with Crippen molar-refractivity contribution in [3.63, 3.8) is 0 Å². The van der Waals surface area contributed by atoms with Crippen LogP contribution < -0.4 is 0 Å². The summed E-state index contributed by atoms with van der Waals surface area (Å²) in [6, 6.07) is 0. The van der Waals surface area contributed by atoms with E-state index < -0.39 is 0 Å². The Morgan fingerprint density at radius 1 is 1.30 bits per heavy atom. The maximum absolute atomic E-state index is 3.94. The van der Waals surface area contributed by atoms with Gasteiger partial charge in [-0.15, -0.1) is 0 Å². The zero-order valence-electron chi connectivity index (χ0n) is 5.04. The van der Waals surface area contributed by atoms with Gasteiger partial charge < -0.3 is 0 Å². The largest absolute Gasteiger partial charge is 0.225 e. The smallest absolute Gasteiger partial charge is 0.133 e. The Morgan fingerprint density at radius 3 is 2.40 bits per heavy atom. The van der Waals surface area contributed by atoms with Crippen molar-refractivity contribution in [2.45, 2.75) is 10.2 Å². The van der Waals surface area contributed by atoms with Gasteiger partial charge in [0.05, 0.1) is 3.74 Å². The van der Waals surface area contributed by atoms with Gasteiger partial charge in [-0.25, -0.2) is 15.0 Å². The predicted molar refractivity (Wildman–Crippen MR) is 45.2 cm³/mol. The molecule has 1 heterocycles. The van der Waals surface area contributed by atoms with Crippen LogP contribution in [0.25, 0.3) is 0 Å². The molecule has 3 nitrogen and oxygen atoms in total. The number of aromatic nitrogens is 3. The Bertz CT molecular complexity index is 189. The van der Waals surface area contributed by atoms with Gasteiger partial charge in [0.2, 0.25) is 0 Å². The summed E-state index contributed by atoms with van der Waals surface area (Å²) in [6.45, 7) is 0. The Labute approximate surface area is 75.6 Å². The van der Waals surface area contributed by atoms with Crippen LogP contribution in [0, 0.1) is 0 Å². The van der Waals surface area contributed by atoms with E-state index in [9.17, 15) is 0 Å². The summed E-state index contributed by atoms with van der Waals surface area (Å²) in [7, 11) is 0. The van der Waals surface area contributed by atoms with Gasteiger partial charge in [0, 0.05) is 6.42 Å². The predicted octanol–water partition coefficient (Wildman–Crippen LogP) is 1.53. The molecule has 0 saturated heterocycles. The van der Waals surface area contributed by atoms with Gasteiger partial charge in [0.1, 0.15) is 18.5 Å². The highest BCUT2D eigenvalue weighted by atomic mass is 79.9. The zero-order chi connectivity index (χ0) is 7.40. The fraction of sp³-hybridized carbons (Fsp3) is 0.400. The second-order valence-electron chi connectivity index (χ2n) is 1.65. The molecule has 0 aliphatic rings. The zero-order valence-corrected chi connectivity index (χ0v) is 8.21. The van der Waals surface area contributed by atoms with Crippen molar-refractivity contribution >= 4 is 31.9 Å². The number of hydrogen-bond donors (Lipinski definition) is 0. The molecular formula is C5H5Br2N3. The lowest BCUT2D eigenvalue weighted by molar-refractivity contribution is 0.895. The lowest BCUT2D eigenvalue weighted by atomic mass is 10.5. The van der Waals surface area contributed by atoms with E-state index in [-0.39, 0.29) is 3.74 Å². The van der Waals surface area contributed by atoms with Gasteiger partial charge in [0.25, 0.3) is 0 Å². The minimum atomic E-state index is 0.238. The molecule has 0 aliphatic heterocycles. The van der Waals surface area contributed by atoms with Gasteiger partial charge in [-0.3, -0.25) is 0 Å². The van der Waals surface area contributed by atoms with Crippen molar-refractivity contribution in [2.75, 3.05) is 0 Å². The summed E-state index contributed by atoms with van der Waals surface area (Å²) in [5.41, 5.74) is 0. The van der Waals surface area contributed by atoms with Crippen molar-refractivity contribution in [3.05, 3.63) is 18.5 Å². The van der Waals surface area contributed by atoms with Gasteiger partial charge >= 0.3 is 0 Å². The van der Waals surface area contributed by atoms with Gasteiger partial charge in [0.15, 0.2) is 0 Å². The molecule has 10 heavy (non-hydrogen) atoms. The fourth-order valence-corrected chi connectivity index (χ4v) is 1.09. The molecule has 0 aromatic carbocycles. The molecule has 1 aromatic heterocycles. The molecule has 0 saturated carbocycles. The lowest BCUT2D eigenvalue weighted by Crippen LogP contribution is -1.99. The van der Waals surface area contributed by atoms with Gasteiger partial charge in [-0.2, -0.15) is 0 Å². The fourth-order valence-electron chi connectivity index (χ4n) is 0.507. The second-order valence-corrected chi connectivity index (χ2v) is 5.09. The summed E-state index contributed by atoms with van der Waals surface area (Å²) < 4.78 is 0.238. The van der Waals surface area contributed by atoms with E-state index >= 15 is 0 Å². The maximum Gasteiger partial charge on any atom is 0.133 e. The first-order chi connectivity index (χ1) is 4.79. The molecule has 0 spiro atoms. The van der Waals surface area contributed by atoms with Crippen molar-refractivity contribution in [1.82, 2.24) is 15.0 Å². The average molecular weight is 267 g/mol. The van der Waals surface area contributed by atoms with Crippen molar-refractivity contribution in [1.29, 1.82) is 0 Å². The first kappa shape index (κ1) is 8.07. The van der Waals surface area contributed by atoms with Crippen LogP contribution in [-0.2, 0) is 6.42 Å². The molecule has 5 heteroatoms. The molecule has 0 unspecified atom stereocenters. The summed E-state index contributed by atoms with van der Waals surface area (Å²) in [6.07, 6.45) is 3.75. The number of halogens is 2. The number of hydrogen-bond acceptors (Lipinski definition) is 3. The second kappa shape index (κ2) is 3.98. The third kappa shape index (κ3) is 2.70. The molecule has 0 radical (unpaired) electrons. The Kier molecular flexibility index (Phi) is 3.21. The topological polar surface area (TPSA) is 38.7 Å². The summed E-state index contributed by atoms with van der Waals surface area (Å²) >= 11 is 6.65.